The molecule has 0 aromatic carbocycles. The molecule has 0 saturated carbocycles. The van der Waals surface area contributed by atoms with Crippen LogP contribution in [0.25, 0.3) is 0 Å². The van der Waals surface area contributed by atoms with Crippen LogP contribution in [0.2, 0.25) is 0 Å². The summed E-state index contributed by atoms with van der Waals surface area (Å²) in [5.41, 5.74) is 0. The lowest BCUT2D eigenvalue weighted by Gasteiger charge is -2.18. The average molecular weight is 1090 g/mol. The van der Waals surface area contributed by atoms with E-state index in [9.17, 15) is 14.4 Å². The summed E-state index contributed by atoms with van der Waals surface area (Å²) in [6, 6.07) is 0. The van der Waals surface area contributed by atoms with Crippen molar-refractivity contribution in [3.63, 3.8) is 0 Å². The van der Waals surface area contributed by atoms with Gasteiger partial charge in [0, 0.05) is 19.3 Å². The maximum absolute atomic E-state index is 12.9. The molecule has 1 unspecified atom stereocenters. The summed E-state index contributed by atoms with van der Waals surface area (Å²) in [7, 11) is 0. The number of hydrogen-bond donors (Lipinski definition) is 0. The van der Waals surface area contributed by atoms with E-state index in [-0.39, 0.29) is 37.5 Å². The third-order valence-corrected chi connectivity index (χ3v) is 13.6. The SMILES string of the molecule is CC/C=C\C/C=C\C/C=C\C/C=C\C/C=C\CCCC(=O)OCC(COC(=O)CCCCCCCCCCCC/C=C\C/C=C\C/C=C\CCCCCCC)OC(=O)CCCCCCCC/C=C\C/C=C\C/C=C\CCCCC. The molecule has 0 amide bonds. The smallest absolute Gasteiger partial charge is 0.306 e. The predicted octanol–water partition coefficient (Wildman–Crippen LogP) is 22.5. The molecule has 0 radical (unpaired) electrons. The van der Waals surface area contributed by atoms with E-state index in [1.807, 2.05) is 0 Å². The Morgan fingerprint density at radius 1 is 0.266 bits per heavy atom. The largest absolute Gasteiger partial charge is 0.462 e. The molecule has 0 aromatic heterocycles. The van der Waals surface area contributed by atoms with Gasteiger partial charge in [-0.3, -0.25) is 14.4 Å². The summed E-state index contributed by atoms with van der Waals surface area (Å²) >= 11 is 0. The zero-order valence-corrected chi connectivity index (χ0v) is 51.3. The summed E-state index contributed by atoms with van der Waals surface area (Å²) in [4.78, 5) is 38.4. The van der Waals surface area contributed by atoms with Gasteiger partial charge in [-0.05, 0) is 135 Å². The molecule has 448 valence electrons. The van der Waals surface area contributed by atoms with Crippen LogP contribution in [-0.2, 0) is 28.6 Å². The van der Waals surface area contributed by atoms with Gasteiger partial charge in [0.2, 0.25) is 0 Å². The lowest BCUT2D eigenvalue weighted by Crippen LogP contribution is -2.30. The fourth-order valence-electron chi connectivity index (χ4n) is 8.73. The maximum Gasteiger partial charge on any atom is 0.306 e. The van der Waals surface area contributed by atoms with Gasteiger partial charge < -0.3 is 14.2 Å². The number of carbonyl (C=O) groups excluding carboxylic acids is 3. The molecular weight excluding hydrogens is 973 g/mol. The summed E-state index contributed by atoms with van der Waals surface area (Å²) < 4.78 is 16.9. The third kappa shape index (κ3) is 64.3. The molecule has 6 heteroatoms. The first kappa shape index (κ1) is 74.5. The molecule has 79 heavy (non-hydrogen) atoms. The highest BCUT2D eigenvalue weighted by atomic mass is 16.6. The first-order chi connectivity index (χ1) is 39.0. The van der Waals surface area contributed by atoms with Crippen molar-refractivity contribution in [3.05, 3.63) is 134 Å². The van der Waals surface area contributed by atoms with Crippen LogP contribution < -0.4 is 0 Å². The van der Waals surface area contributed by atoms with E-state index in [2.05, 4.69) is 154 Å². The minimum Gasteiger partial charge on any atom is -0.462 e. The van der Waals surface area contributed by atoms with E-state index in [1.165, 1.54) is 128 Å². The number of carbonyl (C=O) groups is 3. The highest BCUT2D eigenvalue weighted by Crippen LogP contribution is 2.15. The van der Waals surface area contributed by atoms with Gasteiger partial charge in [0.05, 0.1) is 0 Å². The van der Waals surface area contributed by atoms with Gasteiger partial charge in [-0.15, -0.1) is 0 Å². The molecule has 0 saturated heterocycles. The Morgan fingerprint density at radius 3 is 0.848 bits per heavy atom. The molecule has 0 aliphatic rings. The van der Waals surface area contributed by atoms with Gasteiger partial charge in [-0.1, -0.05) is 270 Å². The van der Waals surface area contributed by atoms with Crippen molar-refractivity contribution in [1.29, 1.82) is 0 Å². The minimum atomic E-state index is -0.817. The second kappa shape index (κ2) is 66.1. The molecule has 0 bridgehead atoms. The fraction of sp³-hybridized carbons (Fsp3) is 0.658. The van der Waals surface area contributed by atoms with Gasteiger partial charge >= 0.3 is 17.9 Å². The van der Waals surface area contributed by atoms with Crippen LogP contribution in [0.3, 0.4) is 0 Å². The fourth-order valence-corrected chi connectivity index (χ4v) is 8.73. The van der Waals surface area contributed by atoms with E-state index in [1.54, 1.807) is 0 Å². The highest BCUT2D eigenvalue weighted by Gasteiger charge is 2.19. The molecule has 0 fully saturated rings. The monoisotopic (exact) mass is 1090 g/mol. The van der Waals surface area contributed by atoms with E-state index >= 15 is 0 Å². The van der Waals surface area contributed by atoms with Crippen molar-refractivity contribution < 1.29 is 28.6 Å². The zero-order valence-electron chi connectivity index (χ0n) is 51.3. The van der Waals surface area contributed by atoms with E-state index in [0.717, 1.165) is 116 Å². The average Bonchev–Trinajstić information content (AvgIpc) is 3.45. The first-order valence-electron chi connectivity index (χ1n) is 32.7. The Hall–Kier alpha value is -4.45. The summed E-state index contributed by atoms with van der Waals surface area (Å²) in [6.45, 7) is 6.44. The van der Waals surface area contributed by atoms with Crippen LogP contribution in [0, 0.1) is 0 Å². The maximum atomic E-state index is 12.9. The number of ether oxygens (including phenoxy) is 3. The lowest BCUT2D eigenvalue weighted by atomic mass is 10.1. The first-order valence-corrected chi connectivity index (χ1v) is 32.7. The normalized spacial score (nSPS) is 13.0. The van der Waals surface area contributed by atoms with Crippen molar-refractivity contribution in [1.82, 2.24) is 0 Å². The van der Waals surface area contributed by atoms with Gasteiger partial charge in [0.1, 0.15) is 13.2 Å². The molecule has 0 aromatic rings. The van der Waals surface area contributed by atoms with Gasteiger partial charge in [0.25, 0.3) is 0 Å². The standard InChI is InChI=1S/C73H120O6/c1-4-7-10-13-16-19-22-25-28-31-33-34-35-36-37-38-40-42-45-48-51-54-57-60-63-66-72(75)78-69-70(68-77-71(74)65-62-59-56-53-50-47-44-41-30-27-24-21-18-15-12-9-6-3)79-73(76)67-64-61-58-55-52-49-46-43-39-32-29-26-23-20-17-14-11-8-5-2/h9,12,17-18,20-22,25-27,29-31,33,35-36,39,43-44,47,53,56,70H,4-8,10-11,13-16,19,23-24,28,32,34,37-38,40-42,45-46,48-52,54-55,57-69H2,1-3H3/b12-9-,20-17-,21-18-,25-22-,29-26-,30-27-,33-31-,36-35-,43-39-,47-44-,56-53-. The van der Waals surface area contributed by atoms with Crippen molar-refractivity contribution in [3.8, 4) is 0 Å². The van der Waals surface area contributed by atoms with E-state index in [0.29, 0.717) is 19.3 Å². The minimum absolute atomic E-state index is 0.107. The topological polar surface area (TPSA) is 78.9 Å². The molecule has 0 aliphatic heterocycles. The lowest BCUT2D eigenvalue weighted by molar-refractivity contribution is -0.167. The van der Waals surface area contributed by atoms with Crippen molar-refractivity contribution in [2.45, 2.75) is 297 Å². The van der Waals surface area contributed by atoms with Crippen molar-refractivity contribution in [2.24, 2.45) is 0 Å². The Bertz CT molecular complexity index is 1680. The highest BCUT2D eigenvalue weighted by molar-refractivity contribution is 5.71. The number of hydrogen-bond acceptors (Lipinski definition) is 6. The molecule has 0 aliphatic carbocycles. The zero-order chi connectivity index (χ0) is 57.1. The van der Waals surface area contributed by atoms with E-state index < -0.39 is 6.10 Å². The third-order valence-electron chi connectivity index (χ3n) is 13.6. The summed E-state index contributed by atoms with van der Waals surface area (Å²) in [5, 5.41) is 0. The van der Waals surface area contributed by atoms with Crippen LogP contribution in [0.5, 0.6) is 0 Å². The molecule has 0 N–H and O–H groups in total. The predicted molar refractivity (Wildman–Crippen MR) is 343 cm³/mol. The molecule has 6 nitrogen and oxygen atoms in total. The Kier molecular flexibility index (Phi) is 62.3. The van der Waals surface area contributed by atoms with Gasteiger partial charge in [-0.25, -0.2) is 0 Å². The number of rotatable bonds is 58. The Labute approximate surface area is 487 Å². The quantitative estimate of drug-likeness (QED) is 0.0261. The molecular formula is C73H120O6. The Balaban J connectivity index is 4.46. The number of esters is 3. The summed E-state index contributed by atoms with van der Waals surface area (Å²) in [5.74, 6) is -0.981. The van der Waals surface area contributed by atoms with Crippen LogP contribution in [0.1, 0.15) is 290 Å². The van der Waals surface area contributed by atoms with Crippen molar-refractivity contribution >= 4 is 17.9 Å². The van der Waals surface area contributed by atoms with Crippen LogP contribution in [-0.4, -0.2) is 37.2 Å². The van der Waals surface area contributed by atoms with E-state index in [4.69, 9.17) is 14.2 Å². The van der Waals surface area contributed by atoms with Crippen LogP contribution in [0.4, 0.5) is 0 Å². The number of unbranched alkanes of at least 4 members (excludes halogenated alkanes) is 25. The molecule has 0 spiro atoms. The van der Waals surface area contributed by atoms with Crippen LogP contribution >= 0.6 is 0 Å². The number of allylic oxidation sites excluding steroid dienone is 22. The molecule has 0 heterocycles. The van der Waals surface area contributed by atoms with Gasteiger partial charge in [-0.2, -0.15) is 0 Å². The van der Waals surface area contributed by atoms with Crippen LogP contribution in [0.15, 0.2) is 134 Å². The second-order valence-corrected chi connectivity index (χ2v) is 21.3. The second-order valence-electron chi connectivity index (χ2n) is 21.3. The Morgan fingerprint density at radius 2 is 0.506 bits per heavy atom. The van der Waals surface area contributed by atoms with Crippen molar-refractivity contribution in [2.75, 3.05) is 13.2 Å². The molecule has 1 atom stereocenters. The van der Waals surface area contributed by atoms with Gasteiger partial charge in [0.15, 0.2) is 6.10 Å². The molecule has 0 rings (SSSR count). The summed E-state index contributed by atoms with van der Waals surface area (Å²) in [6.07, 6.45) is 93.1.